The molecule has 2 heterocycles. The standard InChI is InChI=1S/C34H24N2O6/c1-42-24-9-6-8-22(19-24)29-30(31(37)21-13-16-23(17-14-21)36(40)41)35-27-12-5-2-7-20(27)15-18-28(35)34(29)32(38)25-10-3-4-11-26(25)33(34)39/h2-19,28-30H,1H3/t28?,29-,30+/m0/s1. The number of fused-ring (bicyclic) bond motifs is 5. The smallest absolute Gasteiger partial charge is 0.269 e. The molecule has 0 amide bonds. The maximum absolute atomic E-state index is 14.7. The van der Waals surface area contributed by atoms with E-state index in [9.17, 15) is 24.5 Å². The molecule has 0 bridgehead atoms. The fraction of sp³-hybridized carbons (Fsp3) is 0.147. The van der Waals surface area contributed by atoms with Crippen LogP contribution in [0.3, 0.4) is 0 Å². The van der Waals surface area contributed by atoms with Crippen molar-refractivity contribution >= 4 is 34.8 Å². The first kappa shape index (κ1) is 25.6. The summed E-state index contributed by atoms with van der Waals surface area (Å²) in [6.45, 7) is 0. The Labute approximate surface area is 241 Å². The normalized spacial score (nSPS) is 21.2. The quantitative estimate of drug-likeness (QED) is 0.130. The Morgan fingerprint density at radius 3 is 2.21 bits per heavy atom. The van der Waals surface area contributed by atoms with Crippen LogP contribution >= 0.6 is 0 Å². The molecule has 0 aromatic heterocycles. The number of Topliss-reactive ketones (excluding diaryl/α,β-unsaturated/α-hetero) is 3. The number of nitro benzene ring substituents is 1. The molecule has 1 unspecified atom stereocenters. The van der Waals surface area contributed by atoms with Crippen LogP contribution in [0.2, 0.25) is 0 Å². The second-order valence-electron chi connectivity index (χ2n) is 10.7. The van der Waals surface area contributed by atoms with E-state index in [0.717, 1.165) is 11.3 Å². The Bertz CT molecular complexity index is 1810. The average molecular weight is 557 g/mol. The highest BCUT2D eigenvalue weighted by atomic mass is 16.6. The predicted octanol–water partition coefficient (Wildman–Crippen LogP) is 5.92. The minimum absolute atomic E-state index is 0.139. The van der Waals surface area contributed by atoms with Gasteiger partial charge in [0.2, 0.25) is 0 Å². The van der Waals surface area contributed by atoms with E-state index in [0.29, 0.717) is 22.4 Å². The number of hydrogen-bond acceptors (Lipinski definition) is 7. The van der Waals surface area contributed by atoms with Crippen molar-refractivity contribution < 1.29 is 24.0 Å². The minimum atomic E-state index is -1.64. The number of rotatable bonds is 5. The number of nitrogens with zero attached hydrogens (tertiary/aromatic N) is 2. The monoisotopic (exact) mass is 556 g/mol. The number of nitro groups is 1. The van der Waals surface area contributed by atoms with Gasteiger partial charge in [-0.25, -0.2) is 0 Å². The minimum Gasteiger partial charge on any atom is -0.497 e. The lowest BCUT2D eigenvalue weighted by Gasteiger charge is -2.37. The van der Waals surface area contributed by atoms with E-state index in [4.69, 9.17) is 4.74 Å². The number of anilines is 1. The van der Waals surface area contributed by atoms with Gasteiger partial charge in [0.25, 0.3) is 5.69 Å². The van der Waals surface area contributed by atoms with Crippen molar-refractivity contribution in [3.63, 3.8) is 0 Å². The Kier molecular flexibility index (Phi) is 5.69. The van der Waals surface area contributed by atoms with Crippen molar-refractivity contribution in [3.8, 4) is 5.75 Å². The molecule has 0 saturated carbocycles. The van der Waals surface area contributed by atoms with Crippen molar-refractivity contribution in [2.75, 3.05) is 12.0 Å². The van der Waals surface area contributed by atoms with Crippen LogP contribution in [0.15, 0.2) is 103 Å². The van der Waals surface area contributed by atoms with E-state index >= 15 is 0 Å². The van der Waals surface area contributed by atoms with Gasteiger partial charge in [0.05, 0.1) is 18.1 Å². The highest BCUT2D eigenvalue weighted by Gasteiger charge is 2.71. The fourth-order valence-corrected chi connectivity index (χ4v) is 7.04. The van der Waals surface area contributed by atoms with Crippen molar-refractivity contribution in [1.82, 2.24) is 0 Å². The number of non-ortho nitro benzene ring substituents is 1. The van der Waals surface area contributed by atoms with Gasteiger partial charge in [-0.05, 0) is 41.5 Å². The lowest BCUT2D eigenvalue weighted by atomic mass is 9.64. The van der Waals surface area contributed by atoms with E-state index in [1.54, 1.807) is 42.5 Å². The zero-order valence-corrected chi connectivity index (χ0v) is 22.5. The molecule has 206 valence electrons. The molecule has 1 fully saturated rings. The maximum atomic E-state index is 14.7. The Hall–Kier alpha value is -5.37. The topological polar surface area (TPSA) is 107 Å². The Morgan fingerprint density at radius 2 is 1.55 bits per heavy atom. The third kappa shape index (κ3) is 3.38. The number of methoxy groups -OCH3 is 1. The van der Waals surface area contributed by atoms with E-state index in [-0.39, 0.29) is 28.6 Å². The molecule has 3 aliphatic rings. The van der Waals surface area contributed by atoms with Crippen LogP contribution in [-0.4, -0.2) is 41.5 Å². The summed E-state index contributed by atoms with van der Waals surface area (Å²) in [6.07, 6.45) is 3.77. The van der Waals surface area contributed by atoms with Crippen LogP contribution in [0, 0.1) is 15.5 Å². The van der Waals surface area contributed by atoms with Crippen molar-refractivity contribution in [3.05, 3.63) is 141 Å². The molecule has 8 heteroatoms. The van der Waals surface area contributed by atoms with E-state index < -0.39 is 28.3 Å². The Morgan fingerprint density at radius 1 is 0.881 bits per heavy atom. The second-order valence-corrected chi connectivity index (χ2v) is 10.7. The molecule has 42 heavy (non-hydrogen) atoms. The highest BCUT2D eigenvalue weighted by Crippen LogP contribution is 2.61. The van der Waals surface area contributed by atoms with Gasteiger partial charge in [-0.2, -0.15) is 0 Å². The zero-order valence-electron chi connectivity index (χ0n) is 22.5. The average Bonchev–Trinajstić information content (AvgIpc) is 3.47. The first-order valence-electron chi connectivity index (χ1n) is 13.5. The number of para-hydroxylation sites is 1. The highest BCUT2D eigenvalue weighted by molar-refractivity contribution is 6.32. The molecule has 1 spiro atoms. The lowest BCUT2D eigenvalue weighted by molar-refractivity contribution is -0.384. The van der Waals surface area contributed by atoms with Crippen molar-refractivity contribution in [2.24, 2.45) is 5.41 Å². The first-order valence-corrected chi connectivity index (χ1v) is 13.5. The summed E-state index contributed by atoms with van der Waals surface area (Å²) in [5, 5.41) is 11.3. The van der Waals surface area contributed by atoms with E-state index in [1.165, 1.54) is 31.4 Å². The molecule has 0 radical (unpaired) electrons. The number of ketones is 3. The molecule has 1 aliphatic carbocycles. The van der Waals surface area contributed by atoms with Crippen LogP contribution in [0.25, 0.3) is 6.08 Å². The SMILES string of the molecule is COc1cccc([C@H]2[C@H](C(=O)c3ccc([N+](=O)[O-])cc3)N3c4ccccc4C=CC3C23C(=O)c2ccccc2C3=O)c1. The van der Waals surface area contributed by atoms with E-state index in [1.807, 2.05) is 47.4 Å². The summed E-state index contributed by atoms with van der Waals surface area (Å²) >= 11 is 0. The van der Waals surface area contributed by atoms with Crippen LogP contribution in [0.1, 0.15) is 48.1 Å². The largest absolute Gasteiger partial charge is 0.497 e. The maximum Gasteiger partial charge on any atom is 0.269 e. The van der Waals surface area contributed by atoms with Gasteiger partial charge < -0.3 is 9.64 Å². The summed E-state index contributed by atoms with van der Waals surface area (Å²) < 4.78 is 5.53. The lowest BCUT2D eigenvalue weighted by Crippen LogP contribution is -2.48. The molecule has 3 atom stereocenters. The molecular formula is C34H24N2O6. The molecule has 7 rings (SSSR count). The molecule has 4 aromatic rings. The second kappa shape index (κ2) is 9.34. The zero-order chi connectivity index (χ0) is 29.2. The van der Waals surface area contributed by atoms with Crippen molar-refractivity contribution in [1.29, 1.82) is 0 Å². The van der Waals surface area contributed by atoms with Crippen LogP contribution < -0.4 is 9.64 Å². The number of carbonyl (C=O) groups excluding carboxylic acids is 3. The number of carbonyl (C=O) groups is 3. The number of hydrogen-bond donors (Lipinski definition) is 0. The molecule has 1 saturated heterocycles. The van der Waals surface area contributed by atoms with Gasteiger partial charge in [-0.1, -0.05) is 66.7 Å². The van der Waals surface area contributed by atoms with Crippen LogP contribution in [0.4, 0.5) is 11.4 Å². The third-order valence-corrected chi connectivity index (χ3v) is 8.80. The van der Waals surface area contributed by atoms with Gasteiger partial charge in [0, 0.05) is 40.4 Å². The number of benzene rings is 4. The molecule has 0 N–H and O–H groups in total. The van der Waals surface area contributed by atoms with E-state index in [2.05, 4.69) is 0 Å². The first-order chi connectivity index (χ1) is 20.4. The fourth-order valence-electron chi connectivity index (χ4n) is 7.04. The Balaban J connectivity index is 1.52. The molecule has 4 aromatic carbocycles. The third-order valence-electron chi connectivity index (χ3n) is 8.80. The summed E-state index contributed by atoms with van der Waals surface area (Å²) in [4.78, 5) is 56.7. The summed E-state index contributed by atoms with van der Waals surface area (Å²) in [6, 6.07) is 25.2. The van der Waals surface area contributed by atoms with Gasteiger partial charge in [-0.15, -0.1) is 0 Å². The van der Waals surface area contributed by atoms with Crippen molar-refractivity contribution in [2.45, 2.75) is 18.0 Å². The van der Waals surface area contributed by atoms with Gasteiger partial charge >= 0.3 is 0 Å². The van der Waals surface area contributed by atoms with Gasteiger partial charge in [0.1, 0.15) is 17.2 Å². The van der Waals surface area contributed by atoms with Gasteiger partial charge in [0.15, 0.2) is 17.3 Å². The van der Waals surface area contributed by atoms with Crippen LogP contribution in [0.5, 0.6) is 5.75 Å². The molecule has 8 nitrogen and oxygen atoms in total. The molecular weight excluding hydrogens is 532 g/mol. The molecule has 2 aliphatic heterocycles. The summed E-state index contributed by atoms with van der Waals surface area (Å²) in [5.41, 5.74) is 1.35. The summed E-state index contributed by atoms with van der Waals surface area (Å²) in [5.74, 6) is -1.37. The van der Waals surface area contributed by atoms with Crippen LogP contribution in [-0.2, 0) is 0 Å². The number of ether oxygens (including phenoxy) is 1. The predicted molar refractivity (Wildman–Crippen MR) is 156 cm³/mol. The summed E-state index contributed by atoms with van der Waals surface area (Å²) in [7, 11) is 1.53. The van der Waals surface area contributed by atoms with Gasteiger partial charge in [-0.3, -0.25) is 24.5 Å².